The van der Waals surface area contributed by atoms with Crippen LogP contribution in [0.2, 0.25) is 0 Å². The first kappa shape index (κ1) is 18.0. The van der Waals surface area contributed by atoms with E-state index < -0.39 is 17.2 Å². The van der Waals surface area contributed by atoms with Crippen molar-refractivity contribution < 1.29 is 14.3 Å². The van der Waals surface area contributed by atoms with Gasteiger partial charge in [-0.05, 0) is 31.2 Å². The summed E-state index contributed by atoms with van der Waals surface area (Å²) in [4.78, 5) is 47.8. The second-order valence-corrected chi connectivity index (χ2v) is 5.05. The number of ether oxygens (including phenoxy) is 1. The van der Waals surface area contributed by atoms with Crippen LogP contribution in [0.25, 0.3) is 0 Å². The van der Waals surface area contributed by atoms with Crippen molar-refractivity contribution in [2.24, 2.45) is 0 Å². The fraction of sp³-hybridized carbons (Fsp3) is 0.250. The number of likely N-dealkylation sites (N-methyl/N-ethyl adjacent to an activating group) is 1. The molecular weight excluding hydrogens is 328 g/mol. The summed E-state index contributed by atoms with van der Waals surface area (Å²) in [5.74, 6) is -0.155. The standard InChI is InChI=1S/C16H18N4O5/c1-2-17-15(23)10-25-12-5-3-11(4-6-12)18-14(22)9-20-8-7-13(21)19-16(20)24/h3-8H,2,9-10H2,1H3,(H,17,23)(H,18,22)(H,19,21,24). The van der Waals surface area contributed by atoms with E-state index in [2.05, 4.69) is 15.6 Å². The summed E-state index contributed by atoms with van der Waals surface area (Å²) in [6.45, 7) is 2.03. The van der Waals surface area contributed by atoms with E-state index in [1.54, 1.807) is 24.3 Å². The predicted octanol–water partition coefficient (Wildman–Crippen LogP) is -0.310. The van der Waals surface area contributed by atoms with Crippen molar-refractivity contribution in [2.75, 3.05) is 18.5 Å². The van der Waals surface area contributed by atoms with Crippen LogP contribution in [0.15, 0.2) is 46.1 Å². The van der Waals surface area contributed by atoms with Gasteiger partial charge in [0.2, 0.25) is 5.91 Å². The summed E-state index contributed by atoms with van der Waals surface area (Å²) in [5, 5.41) is 5.23. The van der Waals surface area contributed by atoms with Gasteiger partial charge in [0, 0.05) is 24.5 Å². The Labute approximate surface area is 142 Å². The molecule has 0 atom stereocenters. The van der Waals surface area contributed by atoms with Gasteiger partial charge in [-0.25, -0.2) is 4.79 Å². The molecule has 2 rings (SSSR count). The van der Waals surface area contributed by atoms with Crippen LogP contribution in [0.4, 0.5) is 5.69 Å². The number of aromatic nitrogens is 2. The molecule has 0 aliphatic rings. The highest BCUT2D eigenvalue weighted by Crippen LogP contribution is 2.15. The van der Waals surface area contributed by atoms with Crippen molar-refractivity contribution in [2.45, 2.75) is 13.5 Å². The number of aromatic amines is 1. The van der Waals surface area contributed by atoms with Gasteiger partial charge in [0.25, 0.3) is 11.5 Å². The van der Waals surface area contributed by atoms with Crippen LogP contribution in [-0.2, 0) is 16.1 Å². The van der Waals surface area contributed by atoms with Gasteiger partial charge in [-0.1, -0.05) is 0 Å². The molecule has 0 bridgehead atoms. The quantitative estimate of drug-likeness (QED) is 0.635. The third kappa shape index (κ3) is 5.65. The van der Waals surface area contributed by atoms with E-state index in [4.69, 9.17) is 4.74 Å². The SMILES string of the molecule is CCNC(=O)COc1ccc(NC(=O)Cn2ccc(=O)[nH]c2=O)cc1. The normalized spacial score (nSPS) is 10.1. The minimum atomic E-state index is -0.656. The topological polar surface area (TPSA) is 122 Å². The van der Waals surface area contributed by atoms with E-state index in [0.29, 0.717) is 18.0 Å². The summed E-state index contributed by atoms with van der Waals surface area (Å²) in [5.41, 5.74) is -0.672. The number of benzene rings is 1. The van der Waals surface area contributed by atoms with Crippen molar-refractivity contribution in [3.8, 4) is 5.75 Å². The maximum Gasteiger partial charge on any atom is 0.328 e. The Morgan fingerprint density at radius 2 is 1.84 bits per heavy atom. The number of hydrogen-bond acceptors (Lipinski definition) is 5. The zero-order chi connectivity index (χ0) is 18.2. The van der Waals surface area contributed by atoms with E-state index in [-0.39, 0.29) is 19.1 Å². The van der Waals surface area contributed by atoms with E-state index in [9.17, 15) is 19.2 Å². The summed E-state index contributed by atoms with van der Waals surface area (Å²) in [6.07, 6.45) is 1.25. The molecule has 0 fully saturated rings. The lowest BCUT2D eigenvalue weighted by Crippen LogP contribution is -2.32. The molecule has 0 saturated heterocycles. The molecular formula is C16H18N4O5. The van der Waals surface area contributed by atoms with Gasteiger partial charge >= 0.3 is 5.69 Å². The highest BCUT2D eigenvalue weighted by Gasteiger charge is 2.06. The molecule has 9 nitrogen and oxygen atoms in total. The summed E-state index contributed by atoms with van der Waals surface area (Å²) in [7, 11) is 0. The molecule has 1 aromatic heterocycles. The second kappa shape index (κ2) is 8.48. The average molecular weight is 346 g/mol. The summed E-state index contributed by atoms with van der Waals surface area (Å²) >= 11 is 0. The third-order valence-corrected chi connectivity index (χ3v) is 3.09. The van der Waals surface area contributed by atoms with Gasteiger partial charge in [0.15, 0.2) is 6.61 Å². The first-order chi connectivity index (χ1) is 12.0. The molecule has 25 heavy (non-hydrogen) atoms. The van der Waals surface area contributed by atoms with E-state index in [1.165, 1.54) is 6.20 Å². The van der Waals surface area contributed by atoms with Crippen LogP contribution in [0, 0.1) is 0 Å². The molecule has 9 heteroatoms. The van der Waals surface area contributed by atoms with Gasteiger partial charge in [0.05, 0.1) is 0 Å². The second-order valence-electron chi connectivity index (χ2n) is 5.05. The van der Waals surface area contributed by atoms with Crippen LogP contribution in [-0.4, -0.2) is 34.5 Å². The van der Waals surface area contributed by atoms with Crippen LogP contribution in [0.3, 0.4) is 0 Å². The van der Waals surface area contributed by atoms with Gasteiger partial charge < -0.3 is 15.4 Å². The lowest BCUT2D eigenvalue weighted by atomic mass is 10.3. The number of hydrogen-bond donors (Lipinski definition) is 3. The Hall–Kier alpha value is -3.36. The fourth-order valence-corrected chi connectivity index (χ4v) is 1.96. The van der Waals surface area contributed by atoms with Crippen LogP contribution < -0.4 is 26.6 Å². The summed E-state index contributed by atoms with van der Waals surface area (Å²) in [6, 6.07) is 7.61. The number of rotatable bonds is 7. The number of nitrogens with one attached hydrogen (secondary N) is 3. The molecule has 0 saturated carbocycles. The number of nitrogens with zero attached hydrogens (tertiary/aromatic N) is 1. The Kier molecular flexibility index (Phi) is 6.10. The average Bonchev–Trinajstić information content (AvgIpc) is 2.57. The van der Waals surface area contributed by atoms with Crippen LogP contribution in [0.1, 0.15) is 6.92 Å². The fourth-order valence-electron chi connectivity index (χ4n) is 1.96. The monoisotopic (exact) mass is 346 g/mol. The Morgan fingerprint density at radius 1 is 1.12 bits per heavy atom. The molecule has 0 unspecified atom stereocenters. The van der Waals surface area contributed by atoms with Gasteiger partial charge in [-0.3, -0.25) is 23.9 Å². The smallest absolute Gasteiger partial charge is 0.328 e. The maximum absolute atomic E-state index is 11.9. The van der Waals surface area contributed by atoms with E-state index in [1.807, 2.05) is 6.92 Å². The number of anilines is 1. The third-order valence-electron chi connectivity index (χ3n) is 3.09. The van der Waals surface area contributed by atoms with Crippen molar-refractivity contribution in [1.82, 2.24) is 14.9 Å². The molecule has 3 N–H and O–H groups in total. The molecule has 132 valence electrons. The number of carbonyl (C=O) groups is 2. The largest absolute Gasteiger partial charge is 0.484 e. The first-order valence-electron chi connectivity index (χ1n) is 7.57. The lowest BCUT2D eigenvalue weighted by molar-refractivity contribution is -0.123. The first-order valence-corrected chi connectivity index (χ1v) is 7.57. The zero-order valence-corrected chi connectivity index (χ0v) is 13.6. The molecule has 0 aliphatic heterocycles. The molecule has 0 spiro atoms. The molecule has 2 aromatic rings. The number of amides is 2. The molecule has 0 radical (unpaired) electrons. The molecule has 0 aliphatic carbocycles. The summed E-state index contributed by atoms with van der Waals surface area (Å²) < 4.78 is 6.38. The van der Waals surface area contributed by atoms with Gasteiger partial charge in [-0.15, -0.1) is 0 Å². The minimum absolute atomic E-state index is 0.0886. The maximum atomic E-state index is 11.9. The zero-order valence-electron chi connectivity index (χ0n) is 13.6. The number of H-pyrrole nitrogens is 1. The highest BCUT2D eigenvalue weighted by molar-refractivity contribution is 5.90. The van der Waals surface area contributed by atoms with Crippen molar-refractivity contribution in [3.05, 3.63) is 57.4 Å². The molecule has 1 aromatic carbocycles. The van der Waals surface area contributed by atoms with Crippen molar-refractivity contribution >= 4 is 17.5 Å². The van der Waals surface area contributed by atoms with Crippen LogP contribution in [0.5, 0.6) is 5.75 Å². The Morgan fingerprint density at radius 3 is 2.48 bits per heavy atom. The predicted molar refractivity (Wildman–Crippen MR) is 90.6 cm³/mol. The Bertz CT molecular complexity index is 854. The van der Waals surface area contributed by atoms with E-state index >= 15 is 0 Å². The highest BCUT2D eigenvalue weighted by atomic mass is 16.5. The van der Waals surface area contributed by atoms with Gasteiger partial charge in [-0.2, -0.15) is 0 Å². The minimum Gasteiger partial charge on any atom is -0.484 e. The number of carbonyl (C=O) groups excluding carboxylic acids is 2. The van der Waals surface area contributed by atoms with Crippen molar-refractivity contribution in [3.63, 3.8) is 0 Å². The van der Waals surface area contributed by atoms with Crippen LogP contribution >= 0.6 is 0 Å². The van der Waals surface area contributed by atoms with Gasteiger partial charge in [0.1, 0.15) is 12.3 Å². The Balaban J connectivity index is 1.89. The lowest BCUT2D eigenvalue weighted by Gasteiger charge is -2.09. The van der Waals surface area contributed by atoms with E-state index in [0.717, 1.165) is 10.6 Å². The van der Waals surface area contributed by atoms with Crippen molar-refractivity contribution in [1.29, 1.82) is 0 Å². The molecule has 1 heterocycles. The molecule has 2 amide bonds.